The van der Waals surface area contributed by atoms with Gasteiger partial charge in [-0.1, -0.05) is 0 Å². The Kier molecular flexibility index (Phi) is 1.53. The number of thiol groups is 1. The molecule has 3 nitrogen and oxygen atoms in total. The second-order valence-corrected chi connectivity index (χ2v) is 2.49. The Morgan fingerprint density at radius 2 is 2.50 bits per heavy atom. The van der Waals surface area contributed by atoms with Crippen LogP contribution < -0.4 is 0 Å². The lowest BCUT2D eigenvalue weighted by Crippen LogP contribution is -2.19. The van der Waals surface area contributed by atoms with E-state index in [1.165, 1.54) is 6.21 Å². The quantitative estimate of drug-likeness (QED) is 0.431. The molecule has 44 valence electrons. The van der Waals surface area contributed by atoms with Crippen molar-refractivity contribution in [3.05, 3.63) is 0 Å². The molecule has 1 aliphatic heterocycles. The smallest absolute Gasteiger partial charge is 0.144 e. The molecule has 5 heteroatoms. The predicted molar refractivity (Wildman–Crippen MR) is 35.8 cm³/mol. The van der Waals surface area contributed by atoms with E-state index in [4.69, 9.17) is 11.6 Å². The molecule has 0 fully saturated rings. The highest BCUT2D eigenvalue weighted by Crippen LogP contribution is 2.19. The van der Waals surface area contributed by atoms with Crippen molar-refractivity contribution in [3.63, 3.8) is 0 Å². The molecule has 8 heavy (non-hydrogen) atoms. The molecule has 0 N–H and O–H groups in total. The van der Waals surface area contributed by atoms with Crippen molar-refractivity contribution in [1.82, 2.24) is 0 Å². The lowest BCUT2D eigenvalue weighted by molar-refractivity contribution is 0.873. The first kappa shape index (κ1) is 6.04. The van der Waals surface area contributed by atoms with Gasteiger partial charge in [0.25, 0.3) is 0 Å². The molecule has 0 bridgehead atoms. The fourth-order valence-corrected chi connectivity index (χ4v) is 0.523. The maximum absolute atomic E-state index is 5.43. The van der Waals surface area contributed by atoms with Gasteiger partial charge in [-0.05, 0) is 5.22 Å². The summed E-state index contributed by atoms with van der Waals surface area (Å²) in [7, 11) is 0. The Hall–Kier alpha value is -0.0900. The maximum Gasteiger partial charge on any atom is 0.176 e. The number of hydrogen-bond donors (Lipinski definition) is 1. The Morgan fingerprint density at radius 3 is 2.75 bits per heavy atom. The highest BCUT2D eigenvalue weighted by molar-refractivity contribution is 7.82. The van der Waals surface area contributed by atoms with Gasteiger partial charge in [-0.3, -0.25) is 0 Å². The summed E-state index contributed by atoms with van der Waals surface area (Å²) in [4.78, 5) is -0.637. The molecule has 1 aliphatic rings. The monoisotopic (exact) mass is 149 g/mol. The fraction of sp³-hybridized carbons (Fsp3) is 0.667. The highest BCUT2D eigenvalue weighted by atomic mass is 35.5. The molecule has 0 saturated carbocycles. The van der Waals surface area contributed by atoms with Crippen LogP contribution in [0.2, 0.25) is 0 Å². The first-order chi connectivity index (χ1) is 3.77. The predicted octanol–water partition coefficient (Wildman–Crippen LogP) is 1.30. The molecule has 0 radical (unpaired) electrons. The van der Waals surface area contributed by atoms with E-state index in [9.17, 15) is 0 Å². The molecule has 1 atom stereocenters. The molecular weight excluding hydrogens is 146 g/mol. The van der Waals surface area contributed by atoms with Crippen molar-refractivity contribution < 1.29 is 0 Å². The van der Waals surface area contributed by atoms with Crippen LogP contribution in [0.1, 0.15) is 0 Å². The van der Waals surface area contributed by atoms with E-state index in [0.29, 0.717) is 5.88 Å². The van der Waals surface area contributed by atoms with Gasteiger partial charge in [0, 0.05) is 0 Å². The average Bonchev–Trinajstić information content (AvgIpc) is 2.17. The summed E-state index contributed by atoms with van der Waals surface area (Å²) in [6, 6.07) is 0. The molecule has 0 aromatic carbocycles. The standard InChI is InChI=1S/C3H4ClN3S/c4-1-3(8)2-5-7-6-3/h2,8H,1H2. The third-order valence-electron chi connectivity index (χ3n) is 0.731. The topological polar surface area (TPSA) is 37.1 Å². The number of alkyl halides is 1. The number of halogens is 1. The number of nitrogens with zero attached hydrogens (tertiary/aromatic N) is 3. The van der Waals surface area contributed by atoms with Gasteiger partial charge in [-0.2, -0.15) is 0 Å². The largest absolute Gasteiger partial charge is 0.176 e. The Morgan fingerprint density at radius 1 is 1.75 bits per heavy atom. The van der Waals surface area contributed by atoms with Gasteiger partial charge in [0.1, 0.15) is 0 Å². The van der Waals surface area contributed by atoms with Crippen molar-refractivity contribution in [2.75, 3.05) is 5.88 Å². The third-order valence-corrected chi connectivity index (χ3v) is 1.69. The van der Waals surface area contributed by atoms with Gasteiger partial charge >= 0.3 is 0 Å². The van der Waals surface area contributed by atoms with E-state index < -0.39 is 4.87 Å². The van der Waals surface area contributed by atoms with Crippen molar-refractivity contribution in [1.29, 1.82) is 0 Å². The fourth-order valence-electron chi connectivity index (χ4n) is 0.309. The molecule has 0 aromatic rings. The van der Waals surface area contributed by atoms with Crippen LogP contribution in [0, 0.1) is 0 Å². The number of hydrogen-bond acceptors (Lipinski definition) is 4. The van der Waals surface area contributed by atoms with Crippen LogP contribution in [0.5, 0.6) is 0 Å². The summed E-state index contributed by atoms with van der Waals surface area (Å²) < 4.78 is 0. The Bertz CT molecular complexity index is 131. The van der Waals surface area contributed by atoms with E-state index in [1.807, 2.05) is 0 Å². The van der Waals surface area contributed by atoms with Gasteiger partial charge < -0.3 is 0 Å². The molecule has 0 aromatic heterocycles. The summed E-state index contributed by atoms with van der Waals surface area (Å²) in [5, 5.41) is 10.4. The van der Waals surface area contributed by atoms with E-state index in [0.717, 1.165) is 0 Å². The van der Waals surface area contributed by atoms with Crippen LogP contribution in [-0.2, 0) is 0 Å². The van der Waals surface area contributed by atoms with Gasteiger partial charge in [-0.25, -0.2) is 0 Å². The summed E-state index contributed by atoms with van der Waals surface area (Å²) >= 11 is 9.47. The minimum atomic E-state index is -0.637. The van der Waals surface area contributed by atoms with E-state index in [-0.39, 0.29) is 0 Å². The van der Waals surface area contributed by atoms with Crippen molar-refractivity contribution >= 4 is 30.4 Å². The Labute approximate surface area is 57.2 Å². The van der Waals surface area contributed by atoms with Crippen LogP contribution in [0.3, 0.4) is 0 Å². The first-order valence-electron chi connectivity index (χ1n) is 2.01. The first-order valence-corrected chi connectivity index (χ1v) is 3.00. The normalized spacial score (nSPS) is 34.2. The zero-order chi connectivity index (χ0) is 6.04. The summed E-state index contributed by atoms with van der Waals surface area (Å²) in [5.41, 5.74) is 0. The van der Waals surface area contributed by atoms with Crippen LogP contribution >= 0.6 is 24.2 Å². The Balaban J connectivity index is 2.69. The molecule has 0 spiro atoms. The summed E-state index contributed by atoms with van der Waals surface area (Å²) in [5.74, 6) is 0.309. The zero-order valence-electron chi connectivity index (χ0n) is 3.95. The minimum Gasteiger partial charge on any atom is -0.144 e. The average molecular weight is 150 g/mol. The van der Waals surface area contributed by atoms with Gasteiger partial charge in [0.2, 0.25) is 0 Å². The minimum absolute atomic E-state index is 0.309. The second-order valence-electron chi connectivity index (χ2n) is 1.45. The molecular formula is C3H4ClN3S. The van der Waals surface area contributed by atoms with Gasteiger partial charge in [0.05, 0.1) is 12.1 Å². The van der Waals surface area contributed by atoms with E-state index in [2.05, 4.69) is 28.1 Å². The molecule has 1 rings (SSSR count). The van der Waals surface area contributed by atoms with Gasteiger partial charge in [0.15, 0.2) is 4.87 Å². The number of rotatable bonds is 1. The molecule has 0 amide bonds. The molecule has 1 heterocycles. The van der Waals surface area contributed by atoms with Crippen molar-refractivity contribution in [2.24, 2.45) is 15.4 Å². The van der Waals surface area contributed by atoms with Crippen LogP contribution in [0.4, 0.5) is 0 Å². The molecule has 0 saturated heterocycles. The van der Waals surface area contributed by atoms with Gasteiger partial charge in [-0.15, -0.1) is 34.4 Å². The molecule has 0 aliphatic carbocycles. The van der Waals surface area contributed by atoms with Crippen molar-refractivity contribution in [3.8, 4) is 0 Å². The summed E-state index contributed by atoms with van der Waals surface area (Å²) in [6.07, 6.45) is 1.50. The maximum atomic E-state index is 5.43. The van der Waals surface area contributed by atoms with Crippen molar-refractivity contribution in [2.45, 2.75) is 4.87 Å². The summed E-state index contributed by atoms with van der Waals surface area (Å²) in [6.45, 7) is 0. The second kappa shape index (κ2) is 2.03. The highest BCUT2D eigenvalue weighted by Gasteiger charge is 2.23. The van der Waals surface area contributed by atoms with E-state index >= 15 is 0 Å². The SMILES string of the molecule is SC1(CCl)C=NN=N1. The lowest BCUT2D eigenvalue weighted by Gasteiger charge is -2.05. The van der Waals surface area contributed by atoms with Crippen LogP contribution in [-0.4, -0.2) is 17.0 Å². The van der Waals surface area contributed by atoms with Crippen LogP contribution in [0.15, 0.2) is 15.4 Å². The van der Waals surface area contributed by atoms with E-state index in [1.54, 1.807) is 0 Å². The molecule has 1 unspecified atom stereocenters. The lowest BCUT2D eigenvalue weighted by atomic mass is 10.4. The third kappa shape index (κ3) is 1.00. The zero-order valence-corrected chi connectivity index (χ0v) is 5.60. The van der Waals surface area contributed by atoms with Crippen LogP contribution in [0.25, 0.3) is 0 Å².